The summed E-state index contributed by atoms with van der Waals surface area (Å²) in [4.78, 5) is 2.60. The molecule has 3 nitrogen and oxygen atoms in total. The molecule has 96 valence electrons. The lowest BCUT2D eigenvalue weighted by Gasteiger charge is -2.40. The normalized spacial score (nSPS) is 24.9. The van der Waals surface area contributed by atoms with Gasteiger partial charge in [0.15, 0.2) is 0 Å². The highest BCUT2D eigenvalue weighted by Crippen LogP contribution is 2.19. The van der Waals surface area contributed by atoms with Crippen LogP contribution in [-0.2, 0) is 4.74 Å². The van der Waals surface area contributed by atoms with Gasteiger partial charge in [-0.3, -0.25) is 4.90 Å². The topological polar surface area (TPSA) is 24.5 Å². The molecule has 0 aromatic heterocycles. The van der Waals surface area contributed by atoms with Gasteiger partial charge in [0.25, 0.3) is 0 Å². The molecule has 16 heavy (non-hydrogen) atoms. The van der Waals surface area contributed by atoms with Gasteiger partial charge >= 0.3 is 0 Å². The lowest BCUT2D eigenvalue weighted by atomic mass is 9.98. The van der Waals surface area contributed by atoms with Crippen LogP contribution in [0.3, 0.4) is 0 Å². The molecule has 1 aliphatic rings. The first-order valence-electron chi connectivity index (χ1n) is 6.69. The smallest absolute Gasteiger partial charge is 0.0702 e. The zero-order valence-electron chi connectivity index (χ0n) is 11.3. The number of hydrogen-bond donors (Lipinski definition) is 1. The monoisotopic (exact) mass is 228 g/mol. The summed E-state index contributed by atoms with van der Waals surface area (Å²) in [5.74, 6) is 0.702. The molecule has 1 rings (SSSR count). The number of likely N-dealkylation sites (tertiary alicyclic amines) is 1. The van der Waals surface area contributed by atoms with Crippen LogP contribution in [0.15, 0.2) is 0 Å². The molecule has 1 fully saturated rings. The van der Waals surface area contributed by atoms with Gasteiger partial charge in [0, 0.05) is 25.7 Å². The Kier molecular flexibility index (Phi) is 6.32. The van der Waals surface area contributed by atoms with E-state index >= 15 is 0 Å². The Morgan fingerprint density at radius 3 is 2.75 bits per heavy atom. The van der Waals surface area contributed by atoms with Crippen LogP contribution in [0, 0.1) is 5.92 Å². The van der Waals surface area contributed by atoms with Crippen molar-refractivity contribution in [3.63, 3.8) is 0 Å². The molecule has 1 N–H and O–H groups in total. The summed E-state index contributed by atoms with van der Waals surface area (Å²) in [6, 6.07) is 0.647. The highest BCUT2D eigenvalue weighted by atomic mass is 16.5. The summed E-state index contributed by atoms with van der Waals surface area (Å²) in [6.45, 7) is 11.0. The minimum Gasteiger partial charge on any atom is -0.377 e. The van der Waals surface area contributed by atoms with Crippen LogP contribution < -0.4 is 5.32 Å². The lowest BCUT2D eigenvalue weighted by molar-refractivity contribution is -0.0135. The van der Waals surface area contributed by atoms with Crippen molar-refractivity contribution < 1.29 is 4.74 Å². The van der Waals surface area contributed by atoms with Gasteiger partial charge in [-0.2, -0.15) is 0 Å². The average Bonchev–Trinajstić information content (AvgIpc) is 2.26. The van der Waals surface area contributed by atoms with E-state index in [1.54, 1.807) is 0 Å². The van der Waals surface area contributed by atoms with Crippen molar-refractivity contribution in [3.05, 3.63) is 0 Å². The van der Waals surface area contributed by atoms with E-state index < -0.39 is 0 Å². The van der Waals surface area contributed by atoms with Crippen LogP contribution in [0.4, 0.5) is 0 Å². The molecule has 0 bridgehead atoms. The summed E-state index contributed by atoms with van der Waals surface area (Å²) in [5.41, 5.74) is 0. The molecule has 1 heterocycles. The molecule has 0 radical (unpaired) electrons. The summed E-state index contributed by atoms with van der Waals surface area (Å²) >= 11 is 0. The van der Waals surface area contributed by atoms with Gasteiger partial charge in [-0.05, 0) is 39.3 Å². The second-order valence-corrected chi connectivity index (χ2v) is 5.08. The quantitative estimate of drug-likeness (QED) is 0.749. The first-order chi connectivity index (χ1) is 7.69. The number of nitrogens with one attached hydrogen (secondary N) is 1. The fourth-order valence-corrected chi connectivity index (χ4v) is 2.63. The van der Waals surface area contributed by atoms with Crippen LogP contribution in [0.1, 0.15) is 33.6 Å². The third-order valence-electron chi connectivity index (χ3n) is 3.46. The van der Waals surface area contributed by atoms with Crippen molar-refractivity contribution in [1.82, 2.24) is 10.2 Å². The van der Waals surface area contributed by atoms with Crippen LogP contribution in [0.25, 0.3) is 0 Å². The van der Waals surface area contributed by atoms with E-state index in [1.807, 2.05) is 7.05 Å². The summed E-state index contributed by atoms with van der Waals surface area (Å²) in [6.07, 6.45) is 2.96. The number of likely N-dealkylation sites (N-methyl/N-ethyl adjacent to an activating group) is 1. The van der Waals surface area contributed by atoms with E-state index in [9.17, 15) is 0 Å². The third-order valence-corrected chi connectivity index (χ3v) is 3.46. The van der Waals surface area contributed by atoms with Crippen molar-refractivity contribution in [2.75, 3.05) is 33.3 Å². The number of piperidine rings is 1. The molecule has 3 heteroatoms. The zero-order chi connectivity index (χ0) is 12.0. The number of nitrogens with zero attached hydrogens (tertiary/aromatic N) is 1. The maximum atomic E-state index is 5.76. The Balaban J connectivity index is 2.49. The van der Waals surface area contributed by atoms with Crippen molar-refractivity contribution >= 4 is 0 Å². The minimum absolute atomic E-state index is 0.455. The van der Waals surface area contributed by atoms with Crippen molar-refractivity contribution in [3.8, 4) is 0 Å². The summed E-state index contributed by atoms with van der Waals surface area (Å²) < 4.78 is 5.76. The molecule has 0 aromatic rings. The summed E-state index contributed by atoms with van der Waals surface area (Å²) in [5, 5.41) is 3.31. The molecule has 2 unspecified atom stereocenters. The Morgan fingerprint density at radius 1 is 1.44 bits per heavy atom. The van der Waals surface area contributed by atoms with E-state index in [0.29, 0.717) is 18.1 Å². The highest BCUT2D eigenvalue weighted by Gasteiger charge is 2.27. The van der Waals surface area contributed by atoms with Gasteiger partial charge in [0.05, 0.1) is 6.10 Å². The third kappa shape index (κ3) is 4.04. The van der Waals surface area contributed by atoms with Gasteiger partial charge in [0.2, 0.25) is 0 Å². The molecule has 0 aliphatic carbocycles. The Bertz CT molecular complexity index is 183. The molecule has 0 amide bonds. The number of ether oxygens (including phenoxy) is 1. The van der Waals surface area contributed by atoms with Gasteiger partial charge in [-0.1, -0.05) is 13.8 Å². The van der Waals surface area contributed by atoms with E-state index in [0.717, 1.165) is 19.7 Å². The molecule has 0 saturated carbocycles. The fourth-order valence-electron chi connectivity index (χ4n) is 2.63. The largest absolute Gasteiger partial charge is 0.377 e. The standard InChI is InChI=1S/C13H28N2O/c1-5-16-12-7-6-8-15(10-12)13(9-14-4)11(2)3/h11-14H,5-10H2,1-4H3. The highest BCUT2D eigenvalue weighted by molar-refractivity contribution is 4.82. The fraction of sp³-hybridized carbons (Fsp3) is 1.00. The molecule has 1 aliphatic heterocycles. The predicted octanol–water partition coefficient (Wildman–Crippen LogP) is 1.73. The number of rotatable bonds is 6. The Morgan fingerprint density at radius 2 is 2.19 bits per heavy atom. The van der Waals surface area contributed by atoms with E-state index in [-0.39, 0.29) is 0 Å². The zero-order valence-corrected chi connectivity index (χ0v) is 11.3. The van der Waals surface area contributed by atoms with Crippen LogP contribution >= 0.6 is 0 Å². The first-order valence-corrected chi connectivity index (χ1v) is 6.69. The molecular weight excluding hydrogens is 200 g/mol. The van der Waals surface area contributed by atoms with Crippen LogP contribution in [0.2, 0.25) is 0 Å². The second-order valence-electron chi connectivity index (χ2n) is 5.08. The maximum absolute atomic E-state index is 5.76. The first kappa shape index (κ1) is 13.9. The van der Waals surface area contributed by atoms with E-state index in [1.165, 1.54) is 19.4 Å². The maximum Gasteiger partial charge on any atom is 0.0702 e. The minimum atomic E-state index is 0.455. The lowest BCUT2D eigenvalue weighted by Crippen LogP contribution is -2.51. The van der Waals surface area contributed by atoms with Crippen LogP contribution in [-0.4, -0.2) is 50.3 Å². The van der Waals surface area contributed by atoms with Gasteiger partial charge in [0.1, 0.15) is 0 Å². The summed E-state index contributed by atoms with van der Waals surface area (Å²) in [7, 11) is 2.04. The van der Waals surface area contributed by atoms with E-state index in [4.69, 9.17) is 4.74 Å². The second kappa shape index (κ2) is 7.25. The van der Waals surface area contributed by atoms with Gasteiger partial charge in [-0.15, -0.1) is 0 Å². The molecule has 2 atom stereocenters. The van der Waals surface area contributed by atoms with Crippen molar-refractivity contribution in [2.45, 2.75) is 45.8 Å². The molecule has 0 spiro atoms. The molecule has 1 saturated heterocycles. The molecule has 0 aromatic carbocycles. The predicted molar refractivity (Wildman–Crippen MR) is 68.8 cm³/mol. The number of hydrogen-bond acceptors (Lipinski definition) is 3. The van der Waals surface area contributed by atoms with E-state index in [2.05, 4.69) is 31.0 Å². The van der Waals surface area contributed by atoms with Crippen molar-refractivity contribution in [1.29, 1.82) is 0 Å². The Hall–Kier alpha value is -0.120. The van der Waals surface area contributed by atoms with Gasteiger partial charge < -0.3 is 10.1 Å². The van der Waals surface area contributed by atoms with Crippen LogP contribution in [0.5, 0.6) is 0 Å². The average molecular weight is 228 g/mol. The molecular formula is C13H28N2O. The van der Waals surface area contributed by atoms with Crippen molar-refractivity contribution in [2.24, 2.45) is 5.92 Å². The van der Waals surface area contributed by atoms with Gasteiger partial charge in [-0.25, -0.2) is 0 Å². The Labute approximate surface area is 101 Å². The SMILES string of the molecule is CCOC1CCCN(C(CNC)C(C)C)C1.